The van der Waals surface area contributed by atoms with Crippen LogP contribution in [0.1, 0.15) is 18.7 Å². The van der Waals surface area contributed by atoms with Gasteiger partial charge in [0.25, 0.3) is 10.1 Å². The molecule has 0 aliphatic heterocycles. The van der Waals surface area contributed by atoms with Crippen molar-refractivity contribution in [1.82, 2.24) is 9.97 Å². The average Bonchev–Trinajstić information content (AvgIpc) is 2.13. The Morgan fingerprint density at radius 1 is 1.21 bits per heavy atom. The zero-order valence-electron chi connectivity index (χ0n) is 7.63. The summed E-state index contributed by atoms with van der Waals surface area (Å²) in [7, 11) is -3.82. The van der Waals surface area contributed by atoms with Crippen LogP contribution in [-0.2, 0) is 16.5 Å². The highest BCUT2D eigenvalue weighted by atomic mass is 32.2. The summed E-state index contributed by atoms with van der Waals surface area (Å²) in [5, 5.41) is 0. The van der Waals surface area contributed by atoms with E-state index in [1.165, 1.54) is 0 Å². The van der Waals surface area contributed by atoms with Crippen LogP contribution in [0.25, 0.3) is 0 Å². The van der Waals surface area contributed by atoms with Crippen LogP contribution in [0.4, 0.5) is 0 Å². The highest BCUT2D eigenvalue weighted by Gasteiger charge is 2.03. The first-order chi connectivity index (χ1) is 6.58. The molecule has 0 bridgehead atoms. The number of unbranched alkanes of at least 4 members (excludes halogenated alkanes) is 1. The van der Waals surface area contributed by atoms with Crippen LogP contribution < -0.4 is 0 Å². The van der Waals surface area contributed by atoms with Gasteiger partial charge in [-0.05, 0) is 18.9 Å². The molecule has 14 heavy (non-hydrogen) atoms. The number of aryl methyl sites for hydroxylation is 1. The van der Waals surface area contributed by atoms with Gasteiger partial charge < -0.3 is 0 Å². The molecule has 1 rings (SSSR count). The highest BCUT2D eigenvalue weighted by molar-refractivity contribution is 7.85. The number of rotatable bonds is 5. The van der Waals surface area contributed by atoms with Gasteiger partial charge in [-0.2, -0.15) is 8.42 Å². The second kappa shape index (κ2) is 5.02. The van der Waals surface area contributed by atoms with Crippen molar-refractivity contribution in [1.29, 1.82) is 0 Å². The largest absolute Gasteiger partial charge is 0.286 e. The quantitative estimate of drug-likeness (QED) is 0.578. The highest BCUT2D eigenvalue weighted by Crippen LogP contribution is 1.99. The van der Waals surface area contributed by atoms with E-state index in [1.54, 1.807) is 18.5 Å². The molecular formula is C8H12N2O3S. The van der Waals surface area contributed by atoms with E-state index in [9.17, 15) is 8.42 Å². The summed E-state index contributed by atoms with van der Waals surface area (Å²) in [6.45, 7) is 0. The molecule has 5 nitrogen and oxygen atoms in total. The summed E-state index contributed by atoms with van der Waals surface area (Å²) >= 11 is 0. The molecular weight excluding hydrogens is 204 g/mol. The van der Waals surface area contributed by atoms with E-state index in [0.29, 0.717) is 25.1 Å². The Balaban J connectivity index is 2.23. The molecule has 0 aliphatic carbocycles. The minimum atomic E-state index is -3.82. The van der Waals surface area contributed by atoms with Gasteiger partial charge in [0, 0.05) is 18.8 Å². The van der Waals surface area contributed by atoms with Gasteiger partial charge in [-0.3, -0.25) is 4.55 Å². The van der Waals surface area contributed by atoms with E-state index in [1.807, 2.05) is 0 Å². The maximum absolute atomic E-state index is 10.4. The molecule has 0 spiro atoms. The molecule has 0 saturated carbocycles. The van der Waals surface area contributed by atoms with Crippen molar-refractivity contribution >= 4 is 10.1 Å². The molecule has 0 amide bonds. The number of hydrogen-bond donors (Lipinski definition) is 1. The van der Waals surface area contributed by atoms with E-state index in [4.69, 9.17) is 4.55 Å². The third-order valence-corrected chi connectivity index (χ3v) is 2.48. The van der Waals surface area contributed by atoms with Crippen molar-refractivity contribution < 1.29 is 13.0 Å². The summed E-state index contributed by atoms with van der Waals surface area (Å²) < 4.78 is 29.2. The third-order valence-electron chi connectivity index (χ3n) is 1.67. The van der Waals surface area contributed by atoms with Crippen molar-refractivity contribution in [3.8, 4) is 0 Å². The Morgan fingerprint density at radius 2 is 1.86 bits per heavy atom. The molecule has 1 aromatic heterocycles. The molecule has 0 saturated heterocycles. The minimum absolute atomic E-state index is 0.195. The summed E-state index contributed by atoms with van der Waals surface area (Å²) in [6, 6.07) is 1.72. The molecule has 1 heterocycles. The monoisotopic (exact) mass is 216 g/mol. The molecule has 6 heteroatoms. The van der Waals surface area contributed by atoms with Gasteiger partial charge in [0.2, 0.25) is 0 Å². The van der Waals surface area contributed by atoms with Crippen LogP contribution in [0.2, 0.25) is 0 Å². The summed E-state index contributed by atoms with van der Waals surface area (Å²) in [5.41, 5.74) is 0. The molecule has 0 radical (unpaired) electrons. The lowest BCUT2D eigenvalue weighted by Crippen LogP contribution is -2.04. The predicted octanol–water partition coefficient (Wildman–Crippen LogP) is 0.687. The molecule has 1 N–H and O–H groups in total. The zero-order chi connectivity index (χ0) is 10.4. The second-order valence-corrected chi connectivity index (χ2v) is 4.48. The maximum Gasteiger partial charge on any atom is 0.264 e. The van der Waals surface area contributed by atoms with Gasteiger partial charge in [0.1, 0.15) is 5.82 Å². The fraction of sp³-hybridized carbons (Fsp3) is 0.500. The SMILES string of the molecule is O=S(=O)(O)CCCCc1ncccn1. The average molecular weight is 216 g/mol. The normalized spacial score (nSPS) is 11.5. The van der Waals surface area contributed by atoms with Crippen LogP contribution in [0, 0.1) is 0 Å². The topological polar surface area (TPSA) is 80.2 Å². The lowest BCUT2D eigenvalue weighted by molar-refractivity contribution is 0.480. The Kier molecular flexibility index (Phi) is 3.97. The zero-order valence-corrected chi connectivity index (χ0v) is 8.44. The first-order valence-electron chi connectivity index (χ1n) is 4.29. The van der Waals surface area contributed by atoms with Crippen molar-refractivity contribution in [3.05, 3.63) is 24.3 Å². The lowest BCUT2D eigenvalue weighted by atomic mass is 10.2. The Bertz CT molecular complexity index is 363. The Labute approximate surface area is 83.0 Å². The minimum Gasteiger partial charge on any atom is -0.286 e. The van der Waals surface area contributed by atoms with Gasteiger partial charge in [0.15, 0.2) is 0 Å². The molecule has 0 aliphatic rings. The first kappa shape index (κ1) is 11.1. The predicted molar refractivity (Wildman–Crippen MR) is 51.4 cm³/mol. The second-order valence-electron chi connectivity index (χ2n) is 2.91. The molecule has 0 unspecified atom stereocenters. The molecule has 0 fully saturated rings. The van der Waals surface area contributed by atoms with Crippen molar-refractivity contribution in [3.63, 3.8) is 0 Å². The Morgan fingerprint density at radius 3 is 2.43 bits per heavy atom. The van der Waals surface area contributed by atoms with E-state index < -0.39 is 10.1 Å². The van der Waals surface area contributed by atoms with Gasteiger partial charge in [0.05, 0.1) is 5.75 Å². The van der Waals surface area contributed by atoms with E-state index in [2.05, 4.69) is 9.97 Å². The van der Waals surface area contributed by atoms with Crippen LogP contribution in [0.3, 0.4) is 0 Å². The first-order valence-corrected chi connectivity index (χ1v) is 5.90. The third kappa shape index (κ3) is 4.88. The van der Waals surface area contributed by atoms with Gasteiger partial charge in [-0.25, -0.2) is 9.97 Å². The Hall–Kier alpha value is -1.01. The van der Waals surface area contributed by atoms with E-state index in [-0.39, 0.29) is 5.75 Å². The van der Waals surface area contributed by atoms with Gasteiger partial charge in [-0.15, -0.1) is 0 Å². The number of hydrogen-bond acceptors (Lipinski definition) is 4. The molecule has 78 valence electrons. The molecule has 0 atom stereocenters. The van der Waals surface area contributed by atoms with Crippen molar-refractivity contribution in [2.75, 3.05) is 5.75 Å². The van der Waals surface area contributed by atoms with Crippen LogP contribution in [-0.4, -0.2) is 28.7 Å². The van der Waals surface area contributed by atoms with Crippen LogP contribution in [0.5, 0.6) is 0 Å². The summed E-state index contributed by atoms with van der Waals surface area (Å²) in [4.78, 5) is 7.98. The van der Waals surface area contributed by atoms with Gasteiger partial charge in [-0.1, -0.05) is 0 Å². The van der Waals surface area contributed by atoms with E-state index >= 15 is 0 Å². The fourth-order valence-corrected chi connectivity index (χ4v) is 1.60. The van der Waals surface area contributed by atoms with Gasteiger partial charge >= 0.3 is 0 Å². The number of nitrogens with zero attached hydrogens (tertiary/aromatic N) is 2. The van der Waals surface area contributed by atoms with Crippen LogP contribution in [0.15, 0.2) is 18.5 Å². The van der Waals surface area contributed by atoms with E-state index in [0.717, 1.165) is 0 Å². The fourth-order valence-electron chi connectivity index (χ4n) is 1.03. The maximum atomic E-state index is 10.4. The van der Waals surface area contributed by atoms with Crippen molar-refractivity contribution in [2.24, 2.45) is 0 Å². The van der Waals surface area contributed by atoms with Crippen molar-refractivity contribution in [2.45, 2.75) is 19.3 Å². The standard InChI is InChI=1S/C8H12N2O3S/c11-14(12,13)7-2-1-4-8-9-5-3-6-10-8/h3,5-6H,1-2,4,7H2,(H,11,12,13). The molecule has 0 aromatic carbocycles. The lowest BCUT2D eigenvalue weighted by Gasteiger charge is -1.98. The van der Waals surface area contributed by atoms with Crippen LogP contribution >= 0.6 is 0 Å². The smallest absolute Gasteiger partial charge is 0.264 e. The summed E-state index contributed by atoms with van der Waals surface area (Å²) in [5.74, 6) is 0.502. The summed E-state index contributed by atoms with van der Waals surface area (Å²) in [6.07, 6.45) is 5.01. The molecule has 1 aromatic rings. The number of aromatic nitrogens is 2.